The molecule has 3 N–H and O–H groups in total. The molecule has 1 aliphatic heterocycles. The lowest BCUT2D eigenvalue weighted by Crippen LogP contribution is -2.42. The molecule has 1 aromatic heterocycles. The summed E-state index contributed by atoms with van der Waals surface area (Å²) in [4.78, 5) is 23.9. The van der Waals surface area contributed by atoms with Crippen LogP contribution in [0.1, 0.15) is 6.42 Å². The molecule has 0 aromatic carbocycles. The zero-order valence-electron chi connectivity index (χ0n) is 8.87. The van der Waals surface area contributed by atoms with Crippen molar-refractivity contribution in [2.45, 2.75) is 18.6 Å². The lowest BCUT2D eigenvalue weighted by atomic mass is 10.2. The fraction of sp³-hybridized carbons (Fsp3) is 0.400. The predicted molar refractivity (Wildman–Crippen MR) is 62.1 cm³/mol. The van der Waals surface area contributed by atoms with Crippen LogP contribution in [0.4, 0.5) is 10.5 Å². The quantitative estimate of drug-likeness (QED) is 0.730. The van der Waals surface area contributed by atoms with E-state index in [2.05, 4.69) is 5.32 Å². The van der Waals surface area contributed by atoms with Gasteiger partial charge in [0, 0.05) is 18.3 Å². The Morgan fingerprint density at radius 3 is 2.88 bits per heavy atom. The van der Waals surface area contributed by atoms with Crippen molar-refractivity contribution in [3.63, 3.8) is 0 Å². The lowest BCUT2D eigenvalue weighted by molar-refractivity contribution is -0.141. The Kier molecular flexibility index (Phi) is 3.30. The van der Waals surface area contributed by atoms with Gasteiger partial charge in [-0.25, -0.2) is 9.59 Å². The Labute approximate surface area is 101 Å². The van der Waals surface area contributed by atoms with Crippen molar-refractivity contribution in [1.82, 2.24) is 4.90 Å². The number of thiophene rings is 1. The van der Waals surface area contributed by atoms with Crippen molar-refractivity contribution < 1.29 is 19.8 Å². The molecule has 0 bridgehead atoms. The van der Waals surface area contributed by atoms with E-state index < -0.39 is 24.1 Å². The third kappa shape index (κ3) is 2.56. The molecule has 0 aliphatic carbocycles. The Morgan fingerprint density at radius 1 is 1.53 bits per heavy atom. The summed E-state index contributed by atoms with van der Waals surface area (Å²) in [5, 5.41) is 24.5. The molecule has 1 aromatic rings. The molecule has 1 fully saturated rings. The summed E-state index contributed by atoms with van der Waals surface area (Å²) in [6.07, 6.45) is -0.698. The van der Waals surface area contributed by atoms with Gasteiger partial charge in [-0.1, -0.05) is 0 Å². The molecule has 17 heavy (non-hydrogen) atoms. The number of aliphatic carboxylic acids is 1. The topological polar surface area (TPSA) is 89.9 Å². The highest BCUT2D eigenvalue weighted by Crippen LogP contribution is 2.20. The molecule has 0 spiro atoms. The Balaban J connectivity index is 2.05. The van der Waals surface area contributed by atoms with E-state index in [1.165, 1.54) is 11.3 Å². The summed E-state index contributed by atoms with van der Waals surface area (Å²) in [6.45, 7) is 0.0485. The minimum atomic E-state index is -1.10. The second-order valence-corrected chi connectivity index (χ2v) is 4.62. The molecule has 6 nitrogen and oxygen atoms in total. The molecule has 1 aliphatic rings. The SMILES string of the molecule is O=C(O)[C@@H]1C[C@H](O)CN1C(=O)Nc1ccsc1. The van der Waals surface area contributed by atoms with Crippen LogP contribution in [0.25, 0.3) is 0 Å². The maximum Gasteiger partial charge on any atom is 0.326 e. The number of carbonyl (C=O) groups excluding carboxylic acids is 1. The molecule has 2 rings (SSSR count). The number of carbonyl (C=O) groups is 2. The molecule has 92 valence electrons. The fourth-order valence-electron chi connectivity index (χ4n) is 1.80. The number of likely N-dealkylation sites (tertiary alicyclic amines) is 1. The van der Waals surface area contributed by atoms with E-state index in [-0.39, 0.29) is 13.0 Å². The number of anilines is 1. The van der Waals surface area contributed by atoms with Gasteiger partial charge in [-0.05, 0) is 11.4 Å². The van der Waals surface area contributed by atoms with Crippen LogP contribution in [0.2, 0.25) is 0 Å². The first-order valence-corrected chi connectivity index (χ1v) is 6.03. The van der Waals surface area contributed by atoms with Crippen molar-refractivity contribution in [3.8, 4) is 0 Å². The van der Waals surface area contributed by atoms with Gasteiger partial charge in [0.15, 0.2) is 0 Å². The van der Waals surface area contributed by atoms with Crippen molar-refractivity contribution in [1.29, 1.82) is 0 Å². The van der Waals surface area contributed by atoms with Gasteiger partial charge in [0.1, 0.15) is 6.04 Å². The number of hydrogen-bond donors (Lipinski definition) is 3. The van der Waals surface area contributed by atoms with Crippen LogP contribution >= 0.6 is 11.3 Å². The molecule has 2 heterocycles. The monoisotopic (exact) mass is 256 g/mol. The van der Waals surface area contributed by atoms with E-state index in [0.29, 0.717) is 5.69 Å². The number of rotatable bonds is 2. The summed E-state index contributed by atoms with van der Waals surface area (Å²) < 4.78 is 0. The van der Waals surface area contributed by atoms with Crippen LogP contribution in [0, 0.1) is 0 Å². The number of hydrogen-bond acceptors (Lipinski definition) is 4. The summed E-state index contributed by atoms with van der Waals surface area (Å²) in [5.41, 5.74) is 0.630. The molecule has 0 saturated carbocycles. The highest BCUT2D eigenvalue weighted by Gasteiger charge is 2.38. The Bertz CT molecular complexity index is 420. The van der Waals surface area contributed by atoms with E-state index in [1.807, 2.05) is 5.38 Å². The maximum atomic E-state index is 11.8. The van der Waals surface area contributed by atoms with Crippen LogP contribution in [0.3, 0.4) is 0 Å². The third-order valence-corrected chi connectivity index (χ3v) is 3.28. The van der Waals surface area contributed by atoms with Gasteiger partial charge in [-0.15, -0.1) is 0 Å². The summed E-state index contributed by atoms with van der Waals surface area (Å²) in [5.74, 6) is -1.10. The molecule has 1 saturated heterocycles. The minimum absolute atomic E-state index is 0.0485. The normalized spacial score (nSPS) is 23.7. The number of aliphatic hydroxyl groups excluding tert-OH is 1. The summed E-state index contributed by atoms with van der Waals surface area (Å²) in [6, 6.07) is 0.279. The van der Waals surface area contributed by atoms with Gasteiger partial charge in [0.25, 0.3) is 0 Å². The number of β-amino-alcohol motifs (C(OH)–C–C–N with tert-alkyl or cyclic N) is 1. The van der Waals surface area contributed by atoms with Crippen LogP contribution in [-0.4, -0.2) is 45.8 Å². The largest absolute Gasteiger partial charge is 0.480 e. The van der Waals surface area contributed by atoms with Crippen LogP contribution < -0.4 is 5.32 Å². The first kappa shape index (κ1) is 11.9. The van der Waals surface area contributed by atoms with E-state index >= 15 is 0 Å². The second-order valence-electron chi connectivity index (χ2n) is 3.84. The molecule has 0 radical (unpaired) electrons. The number of nitrogens with zero attached hydrogens (tertiary/aromatic N) is 1. The number of aliphatic hydroxyl groups is 1. The van der Waals surface area contributed by atoms with E-state index in [9.17, 15) is 14.7 Å². The van der Waals surface area contributed by atoms with E-state index in [4.69, 9.17) is 5.11 Å². The lowest BCUT2D eigenvalue weighted by Gasteiger charge is -2.21. The highest BCUT2D eigenvalue weighted by atomic mass is 32.1. The van der Waals surface area contributed by atoms with Crippen molar-refractivity contribution in [3.05, 3.63) is 16.8 Å². The molecular formula is C10H12N2O4S. The number of carboxylic acid groups (broad SMARTS) is 1. The van der Waals surface area contributed by atoms with E-state index in [1.54, 1.807) is 11.4 Å². The average molecular weight is 256 g/mol. The molecule has 2 amide bonds. The van der Waals surface area contributed by atoms with E-state index in [0.717, 1.165) is 4.90 Å². The smallest absolute Gasteiger partial charge is 0.326 e. The van der Waals surface area contributed by atoms with Crippen molar-refractivity contribution >= 4 is 29.0 Å². The van der Waals surface area contributed by atoms with Crippen molar-refractivity contribution in [2.75, 3.05) is 11.9 Å². The number of amides is 2. The number of nitrogens with one attached hydrogen (secondary N) is 1. The fourth-order valence-corrected chi connectivity index (χ4v) is 2.39. The average Bonchev–Trinajstić information content (AvgIpc) is 2.86. The van der Waals surface area contributed by atoms with Crippen LogP contribution in [-0.2, 0) is 4.79 Å². The van der Waals surface area contributed by atoms with Gasteiger partial charge in [-0.3, -0.25) is 0 Å². The molecule has 0 unspecified atom stereocenters. The standard InChI is InChI=1S/C10H12N2O4S/c13-7-3-8(9(14)15)12(4-7)10(16)11-6-1-2-17-5-6/h1-2,5,7-8,13H,3-4H2,(H,11,16)(H,14,15)/t7-,8-/m0/s1. The molecule has 7 heteroatoms. The summed E-state index contributed by atoms with van der Waals surface area (Å²) >= 11 is 1.43. The first-order chi connectivity index (χ1) is 8.08. The Hall–Kier alpha value is -1.60. The van der Waals surface area contributed by atoms with Crippen molar-refractivity contribution in [2.24, 2.45) is 0 Å². The zero-order chi connectivity index (χ0) is 12.4. The Morgan fingerprint density at radius 2 is 2.29 bits per heavy atom. The molecular weight excluding hydrogens is 244 g/mol. The molecule has 2 atom stereocenters. The second kappa shape index (κ2) is 4.72. The number of urea groups is 1. The van der Waals surface area contributed by atoms with Gasteiger partial charge >= 0.3 is 12.0 Å². The first-order valence-electron chi connectivity index (χ1n) is 5.08. The van der Waals surface area contributed by atoms with Crippen LogP contribution in [0.15, 0.2) is 16.8 Å². The van der Waals surface area contributed by atoms with Gasteiger partial charge in [-0.2, -0.15) is 11.3 Å². The minimum Gasteiger partial charge on any atom is -0.480 e. The van der Waals surface area contributed by atoms with Gasteiger partial charge in [0.05, 0.1) is 11.8 Å². The summed E-state index contributed by atoms with van der Waals surface area (Å²) in [7, 11) is 0. The maximum absolute atomic E-state index is 11.8. The zero-order valence-corrected chi connectivity index (χ0v) is 9.68. The predicted octanol–water partition coefficient (Wildman–Crippen LogP) is 0.800. The van der Waals surface area contributed by atoms with Gasteiger partial charge in [0.2, 0.25) is 0 Å². The van der Waals surface area contributed by atoms with Gasteiger partial charge < -0.3 is 20.4 Å². The number of carboxylic acids is 1. The van der Waals surface area contributed by atoms with Crippen LogP contribution in [0.5, 0.6) is 0 Å². The highest BCUT2D eigenvalue weighted by molar-refractivity contribution is 7.08. The third-order valence-electron chi connectivity index (χ3n) is 2.60.